The van der Waals surface area contributed by atoms with Crippen LogP contribution in [0.25, 0.3) is 10.6 Å². The summed E-state index contributed by atoms with van der Waals surface area (Å²) in [4.78, 5) is 40.5. The van der Waals surface area contributed by atoms with E-state index in [4.69, 9.17) is 4.74 Å². The Kier molecular flexibility index (Phi) is 5.14. The average Bonchev–Trinajstić information content (AvgIpc) is 3.05. The summed E-state index contributed by atoms with van der Waals surface area (Å²) in [5.74, 6) is -1.28. The minimum atomic E-state index is -1.08. The van der Waals surface area contributed by atoms with E-state index in [-0.39, 0.29) is 6.04 Å². The molecule has 1 aliphatic rings. The number of esters is 1. The summed E-state index contributed by atoms with van der Waals surface area (Å²) in [6.45, 7) is 3.14. The molecule has 0 radical (unpaired) electrons. The molecule has 1 atom stereocenters. The van der Waals surface area contributed by atoms with Gasteiger partial charge in [-0.05, 0) is 38.1 Å². The molecule has 0 spiro atoms. The van der Waals surface area contributed by atoms with Gasteiger partial charge in [0.25, 0.3) is 5.91 Å². The van der Waals surface area contributed by atoms with Crippen LogP contribution >= 0.6 is 22.7 Å². The fourth-order valence-electron chi connectivity index (χ4n) is 2.03. The highest BCUT2D eigenvalue weighted by Crippen LogP contribution is 2.30. The van der Waals surface area contributed by atoms with Crippen molar-refractivity contribution in [3.8, 4) is 10.6 Å². The largest absolute Gasteiger partial charge is 0.448 e. The standard InChI is InChI=1S/C16H17N3O4S2/c1-8-12(25-14(17-8)10-5-6-24-7-10)15(21)23-9(2)13(20)19-16(22)18-11-3-4-11/h5-7,9,11H,3-4H2,1-2H3,(H2,18,19,20,22). The van der Waals surface area contributed by atoms with Gasteiger partial charge in [0.05, 0.1) is 5.69 Å². The average molecular weight is 379 g/mol. The molecular weight excluding hydrogens is 362 g/mol. The molecule has 1 saturated carbocycles. The van der Waals surface area contributed by atoms with E-state index in [1.807, 2.05) is 16.8 Å². The number of nitrogens with zero attached hydrogens (tertiary/aromatic N) is 1. The van der Waals surface area contributed by atoms with Crippen molar-refractivity contribution in [2.45, 2.75) is 38.8 Å². The van der Waals surface area contributed by atoms with Crippen LogP contribution in [0.4, 0.5) is 4.79 Å². The first kappa shape index (κ1) is 17.6. The molecule has 1 fully saturated rings. The molecule has 0 saturated heterocycles. The lowest BCUT2D eigenvalue weighted by atomic mass is 10.3. The Labute approximate surface area is 152 Å². The van der Waals surface area contributed by atoms with Crippen LogP contribution in [-0.4, -0.2) is 35.0 Å². The van der Waals surface area contributed by atoms with Gasteiger partial charge in [-0.3, -0.25) is 10.1 Å². The van der Waals surface area contributed by atoms with Crippen LogP contribution in [0, 0.1) is 6.92 Å². The van der Waals surface area contributed by atoms with E-state index >= 15 is 0 Å². The van der Waals surface area contributed by atoms with Gasteiger partial charge in [-0.15, -0.1) is 11.3 Å². The van der Waals surface area contributed by atoms with E-state index in [2.05, 4.69) is 15.6 Å². The van der Waals surface area contributed by atoms with Crippen molar-refractivity contribution in [1.82, 2.24) is 15.6 Å². The van der Waals surface area contributed by atoms with Crippen LogP contribution < -0.4 is 10.6 Å². The van der Waals surface area contributed by atoms with Gasteiger partial charge in [0.2, 0.25) is 0 Å². The zero-order chi connectivity index (χ0) is 18.0. The maximum absolute atomic E-state index is 12.3. The smallest absolute Gasteiger partial charge is 0.351 e. The molecule has 132 valence electrons. The Hall–Kier alpha value is -2.26. The van der Waals surface area contributed by atoms with Crippen molar-refractivity contribution in [2.24, 2.45) is 0 Å². The van der Waals surface area contributed by atoms with Gasteiger partial charge < -0.3 is 10.1 Å². The number of urea groups is 1. The zero-order valence-electron chi connectivity index (χ0n) is 13.7. The number of thiazole rings is 1. The van der Waals surface area contributed by atoms with Crippen LogP contribution in [0.3, 0.4) is 0 Å². The monoisotopic (exact) mass is 379 g/mol. The molecule has 1 aliphatic carbocycles. The number of ether oxygens (including phenoxy) is 1. The Morgan fingerprint density at radius 3 is 2.76 bits per heavy atom. The van der Waals surface area contributed by atoms with Crippen LogP contribution in [0.2, 0.25) is 0 Å². The lowest BCUT2D eigenvalue weighted by molar-refractivity contribution is -0.127. The van der Waals surface area contributed by atoms with Crippen LogP contribution in [0.5, 0.6) is 0 Å². The molecule has 0 aromatic carbocycles. The van der Waals surface area contributed by atoms with Crippen molar-refractivity contribution in [3.63, 3.8) is 0 Å². The molecular formula is C16H17N3O4S2. The molecule has 3 amide bonds. The summed E-state index contributed by atoms with van der Waals surface area (Å²) >= 11 is 2.77. The molecule has 9 heteroatoms. The number of rotatable bonds is 5. The summed E-state index contributed by atoms with van der Waals surface area (Å²) in [5.41, 5.74) is 1.50. The third-order valence-corrected chi connectivity index (χ3v) is 5.42. The van der Waals surface area contributed by atoms with Crippen molar-refractivity contribution < 1.29 is 19.1 Å². The first-order chi connectivity index (χ1) is 11.9. The van der Waals surface area contributed by atoms with E-state index in [0.717, 1.165) is 23.4 Å². The molecule has 0 bridgehead atoms. The highest BCUT2D eigenvalue weighted by Gasteiger charge is 2.27. The number of imide groups is 1. The fourth-order valence-corrected chi connectivity index (χ4v) is 3.69. The predicted octanol–water partition coefficient (Wildman–Crippen LogP) is 2.71. The lowest BCUT2D eigenvalue weighted by Crippen LogP contribution is -2.45. The van der Waals surface area contributed by atoms with Gasteiger partial charge in [-0.1, -0.05) is 0 Å². The molecule has 0 aliphatic heterocycles. The number of amides is 3. The first-order valence-corrected chi connectivity index (χ1v) is 9.52. The van der Waals surface area contributed by atoms with Gasteiger partial charge in [-0.25, -0.2) is 14.6 Å². The molecule has 3 rings (SSSR count). The molecule has 2 aromatic rings. The molecule has 2 N–H and O–H groups in total. The number of thiophene rings is 1. The molecule has 2 heterocycles. The van der Waals surface area contributed by atoms with Crippen molar-refractivity contribution in [3.05, 3.63) is 27.4 Å². The summed E-state index contributed by atoms with van der Waals surface area (Å²) < 4.78 is 5.17. The number of carbonyl (C=O) groups excluding carboxylic acids is 3. The van der Waals surface area contributed by atoms with Crippen molar-refractivity contribution in [2.75, 3.05) is 0 Å². The fraction of sp³-hybridized carbons (Fsp3) is 0.375. The highest BCUT2D eigenvalue weighted by atomic mass is 32.1. The summed E-state index contributed by atoms with van der Waals surface area (Å²) in [7, 11) is 0. The summed E-state index contributed by atoms with van der Waals surface area (Å²) in [6, 6.07) is 1.50. The van der Waals surface area contributed by atoms with E-state index in [9.17, 15) is 14.4 Å². The Bertz CT molecular complexity index is 796. The van der Waals surface area contributed by atoms with E-state index in [1.54, 1.807) is 18.3 Å². The van der Waals surface area contributed by atoms with Crippen LogP contribution in [0.15, 0.2) is 16.8 Å². The van der Waals surface area contributed by atoms with Crippen molar-refractivity contribution in [1.29, 1.82) is 0 Å². The van der Waals surface area contributed by atoms with Gasteiger partial charge >= 0.3 is 12.0 Å². The second-order valence-electron chi connectivity index (χ2n) is 5.73. The number of hydrogen-bond acceptors (Lipinski definition) is 7. The van der Waals surface area contributed by atoms with Gasteiger partial charge in [0.1, 0.15) is 9.88 Å². The number of nitrogens with one attached hydrogen (secondary N) is 2. The number of carbonyl (C=O) groups is 3. The van der Waals surface area contributed by atoms with Crippen LogP contribution in [0.1, 0.15) is 35.1 Å². The van der Waals surface area contributed by atoms with Gasteiger partial charge in [0, 0.05) is 17.0 Å². The topological polar surface area (TPSA) is 97.4 Å². The number of aryl methyl sites for hydroxylation is 1. The quantitative estimate of drug-likeness (QED) is 0.779. The summed E-state index contributed by atoms with van der Waals surface area (Å²) in [5, 5.41) is 9.42. The molecule has 1 unspecified atom stereocenters. The number of hydrogen-bond donors (Lipinski definition) is 2. The van der Waals surface area contributed by atoms with E-state index < -0.39 is 24.0 Å². The Morgan fingerprint density at radius 2 is 2.12 bits per heavy atom. The second-order valence-corrected chi connectivity index (χ2v) is 7.51. The Balaban J connectivity index is 1.59. The van der Waals surface area contributed by atoms with E-state index in [1.165, 1.54) is 18.3 Å². The van der Waals surface area contributed by atoms with Gasteiger partial charge in [0.15, 0.2) is 6.10 Å². The SMILES string of the molecule is Cc1nc(-c2ccsc2)sc1C(=O)OC(C)C(=O)NC(=O)NC1CC1. The third-order valence-electron chi connectivity index (χ3n) is 3.55. The minimum absolute atomic E-state index is 0.140. The normalized spacial score (nSPS) is 14.6. The van der Waals surface area contributed by atoms with E-state index in [0.29, 0.717) is 10.6 Å². The van der Waals surface area contributed by atoms with Crippen LogP contribution in [-0.2, 0) is 9.53 Å². The Morgan fingerprint density at radius 1 is 1.36 bits per heavy atom. The molecule has 2 aromatic heterocycles. The summed E-state index contributed by atoms with van der Waals surface area (Å²) in [6.07, 6.45) is 0.760. The maximum Gasteiger partial charge on any atom is 0.351 e. The lowest BCUT2D eigenvalue weighted by Gasteiger charge is -2.12. The highest BCUT2D eigenvalue weighted by molar-refractivity contribution is 7.17. The van der Waals surface area contributed by atoms with Crippen molar-refractivity contribution >= 4 is 40.6 Å². The minimum Gasteiger partial charge on any atom is -0.448 e. The third kappa shape index (κ3) is 4.43. The molecule has 7 nitrogen and oxygen atoms in total. The maximum atomic E-state index is 12.3. The molecule has 25 heavy (non-hydrogen) atoms. The second kappa shape index (κ2) is 7.32. The number of aromatic nitrogens is 1. The zero-order valence-corrected chi connectivity index (χ0v) is 15.3. The first-order valence-electron chi connectivity index (χ1n) is 7.76. The van der Waals surface area contributed by atoms with Gasteiger partial charge in [-0.2, -0.15) is 11.3 Å². The predicted molar refractivity (Wildman–Crippen MR) is 94.7 cm³/mol.